The molecular weight excluding hydrogens is 312 g/mol. The molecule has 4 rings (SSSR count). The maximum Gasteiger partial charge on any atom is 0.179 e. The van der Waals surface area contributed by atoms with Crippen LogP contribution in [0.1, 0.15) is 37.7 Å². The third kappa shape index (κ3) is 3.76. The van der Waals surface area contributed by atoms with E-state index in [1.807, 2.05) is 6.07 Å². The summed E-state index contributed by atoms with van der Waals surface area (Å²) in [4.78, 5) is 2.66. The standard InChI is InChI=1S/C18H25ClN2O2/c19-16-10-13(11-17-18(16)23-9-1-8-22-17)12-20-14-4-6-21(7-5-14)15-2-3-15/h10-11,14-15,20H,1-9,12H2. The predicted molar refractivity (Wildman–Crippen MR) is 91.5 cm³/mol. The number of piperidine rings is 1. The van der Waals surface area contributed by atoms with Crippen LogP contribution in [-0.4, -0.2) is 43.3 Å². The molecule has 2 heterocycles. The second kappa shape index (κ2) is 6.88. The van der Waals surface area contributed by atoms with Crippen LogP contribution in [0, 0.1) is 0 Å². The van der Waals surface area contributed by atoms with Crippen molar-refractivity contribution in [2.75, 3.05) is 26.3 Å². The van der Waals surface area contributed by atoms with Gasteiger partial charge >= 0.3 is 0 Å². The molecule has 3 aliphatic rings. The molecule has 5 heteroatoms. The number of hydrogen-bond acceptors (Lipinski definition) is 4. The van der Waals surface area contributed by atoms with Crippen LogP contribution in [0.4, 0.5) is 0 Å². The fraction of sp³-hybridized carbons (Fsp3) is 0.667. The van der Waals surface area contributed by atoms with Crippen molar-refractivity contribution in [3.8, 4) is 11.5 Å². The largest absolute Gasteiger partial charge is 0.489 e. The summed E-state index contributed by atoms with van der Waals surface area (Å²) in [6.07, 6.45) is 6.21. The summed E-state index contributed by atoms with van der Waals surface area (Å²) in [5, 5.41) is 4.34. The van der Waals surface area contributed by atoms with Crippen molar-refractivity contribution in [3.05, 3.63) is 22.7 Å². The quantitative estimate of drug-likeness (QED) is 0.915. The number of ether oxygens (including phenoxy) is 2. The van der Waals surface area contributed by atoms with Crippen molar-refractivity contribution >= 4 is 11.6 Å². The Kier molecular flexibility index (Phi) is 4.65. The van der Waals surface area contributed by atoms with Crippen LogP contribution in [0.25, 0.3) is 0 Å². The van der Waals surface area contributed by atoms with Crippen LogP contribution in [0.3, 0.4) is 0 Å². The molecule has 23 heavy (non-hydrogen) atoms. The number of rotatable bonds is 4. The van der Waals surface area contributed by atoms with Crippen molar-refractivity contribution in [3.63, 3.8) is 0 Å². The summed E-state index contributed by atoms with van der Waals surface area (Å²) >= 11 is 6.36. The lowest BCUT2D eigenvalue weighted by molar-refractivity contribution is 0.189. The fourth-order valence-corrected chi connectivity index (χ4v) is 3.84. The normalized spacial score (nSPS) is 22.8. The van der Waals surface area contributed by atoms with E-state index in [9.17, 15) is 0 Å². The van der Waals surface area contributed by atoms with Gasteiger partial charge in [-0.2, -0.15) is 0 Å². The molecule has 126 valence electrons. The molecule has 0 spiro atoms. The van der Waals surface area contributed by atoms with Gasteiger partial charge in [-0.25, -0.2) is 0 Å². The number of nitrogens with zero attached hydrogens (tertiary/aromatic N) is 1. The van der Waals surface area contributed by atoms with Crippen molar-refractivity contribution < 1.29 is 9.47 Å². The topological polar surface area (TPSA) is 33.7 Å². The van der Waals surface area contributed by atoms with E-state index in [1.54, 1.807) is 0 Å². The second-order valence-electron chi connectivity index (χ2n) is 6.88. The first-order valence-corrected chi connectivity index (χ1v) is 9.23. The lowest BCUT2D eigenvalue weighted by Crippen LogP contribution is -2.43. The lowest BCUT2D eigenvalue weighted by Gasteiger charge is -2.32. The summed E-state index contributed by atoms with van der Waals surface area (Å²) in [5.74, 6) is 1.49. The van der Waals surface area contributed by atoms with Crippen molar-refractivity contribution in [2.24, 2.45) is 0 Å². The third-order valence-electron chi connectivity index (χ3n) is 5.05. The summed E-state index contributed by atoms with van der Waals surface area (Å²) < 4.78 is 11.5. The molecule has 1 saturated carbocycles. The molecule has 1 saturated heterocycles. The molecule has 4 nitrogen and oxygen atoms in total. The highest BCUT2D eigenvalue weighted by Crippen LogP contribution is 2.38. The minimum Gasteiger partial charge on any atom is -0.489 e. The van der Waals surface area contributed by atoms with Crippen LogP contribution in [-0.2, 0) is 6.54 Å². The molecule has 0 unspecified atom stereocenters. The SMILES string of the molecule is Clc1cc(CNC2CCN(C3CC3)CC2)cc2c1OCCCO2. The predicted octanol–water partition coefficient (Wildman–Crippen LogP) is 3.22. The Labute approximate surface area is 143 Å². The van der Waals surface area contributed by atoms with E-state index in [4.69, 9.17) is 21.1 Å². The maximum absolute atomic E-state index is 6.36. The zero-order chi connectivity index (χ0) is 15.6. The molecule has 1 aromatic carbocycles. The van der Waals surface area contributed by atoms with Crippen LogP contribution >= 0.6 is 11.6 Å². The van der Waals surface area contributed by atoms with Gasteiger partial charge in [0.1, 0.15) is 0 Å². The molecule has 1 N–H and O–H groups in total. The number of fused-ring (bicyclic) bond motifs is 1. The Hall–Kier alpha value is -0.970. The van der Waals surface area contributed by atoms with Gasteiger partial charge < -0.3 is 19.7 Å². The summed E-state index contributed by atoms with van der Waals surface area (Å²) in [7, 11) is 0. The van der Waals surface area contributed by atoms with E-state index in [0.717, 1.165) is 24.8 Å². The van der Waals surface area contributed by atoms with Crippen molar-refractivity contribution in [2.45, 2.75) is 50.7 Å². The minimum atomic E-state index is 0.611. The highest BCUT2D eigenvalue weighted by molar-refractivity contribution is 6.32. The van der Waals surface area contributed by atoms with E-state index in [1.165, 1.54) is 44.3 Å². The third-order valence-corrected chi connectivity index (χ3v) is 5.33. The van der Waals surface area contributed by atoms with Gasteiger partial charge in [0.2, 0.25) is 0 Å². The minimum absolute atomic E-state index is 0.611. The van der Waals surface area contributed by atoms with Gasteiger partial charge in [0, 0.05) is 25.0 Å². The Morgan fingerprint density at radius 2 is 1.87 bits per heavy atom. The Bertz CT molecular complexity index is 554. The van der Waals surface area contributed by atoms with E-state index in [2.05, 4.69) is 16.3 Å². The monoisotopic (exact) mass is 336 g/mol. The summed E-state index contributed by atoms with van der Waals surface area (Å²) in [6, 6.07) is 5.58. The van der Waals surface area contributed by atoms with Gasteiger partial charge in [-0.1, -0.05) is 11.6 Å². The van der Waals surface area contributed by atoms with Gasteiger partial charge in [-0.15, -0.1) is 0 Å². The number of benzene rings is 1. The van der Waals surface area contributed by atoms with E-state index in [0.29, 0.717) is 30.0 Å². The first-order valence-electron chi connectivity index (χ1n) is 8.85. The van der Waals surface area contributed by atoms with E-state index in [-0.39, 0.29) is 0 Å². The van der Waals surface area contributed by atoms with Crippen LogP contribution in [0.15, 0.2) is 12.1 Å². The molecule has 0 bridgehead atoms. The molecule has 0 radical (unpaired) electrons. The van der Waals surface area contributed by atoms with Crippen LogP contribution in [0.5, 0.6) is 11.5 Å². The molecule has 2 aliphatic heterocycles. The lowest BCUT2D eigenvalue weighted by atomic mass is 10.0. The number of halogens is 1. The Morgan fingerprint density at radius 1 is 1.09 bits per heavy atom. The number of likely N-dealkylation sites (tertiary alicyclic amines) is 1. The van der Waals surface area contributed by atoms with Gasteiger partial charge in [-0.3, -0.25) is 0 Å². The zero-order valence-corrected chi connectivity index (χ0v) is 14.3. The first-order chi connectivity index (χ1) is 11.3. The number of nitrogens with one attached hydrogen (secondary N) is 1. The molecule has 2 fully saturated rings. The molecule has 0 amide bonds. The molecule has 1 aliphatic carbocycles. The van der Waals surface area contributed by atoms with Gasteiger partial charge in [-0.05, 0) is 56.5 Å². The van der Waals surface area contributed by atoms with Crippen molar-refractivity contribution in [1.29, 1.82) is 0 Å². The summed E-state index contributed by atoms with van der Waals surface area (Å²) in [6.45, 7) is 4.68. The molecule has 1 aromatic rings. The van der Waals surface area contributed by atoms with Crippen molar-refractivity contribution in [1.82, 2.24) is 10.2 Å². The molecule has 0 atom stereocenters. The van der Waals surface area contributed by atoms with Crippen LogP contribution < -0.4 is 14.8 Å². The average molecular weight is 337 g/mol. The highest BCUT2D eigenvalue weighted by Gasteiger charge is 2.31. The number of hydrogen-bond donors (Lipinski definition) is 1. The van der Waals surface area contributed by atoms with E-state index >= 15 is 0 Å². The smallest absolute Gasteiger partial charge is 0.179 e. The average Bonchev–Trinajstić information content (AvgIpc) is 3.40. The fourth-order valence-electron chi connectivity index (χ4n) is 3.56. The zero-order valence-electron chi connectivity index (χ0n) is 13.5. The van der Waals surface area contributed by atoms with Gasteiger partial charge in [0.25, 0.3) is 0 Å². The van der Waals surface area contributed by atoms with Crippen LogP contribution in [0.2, 0.25) is 5.02 Å². The first kappa shape index (κ1) is 15.6. The van der Waals surface area contributed by atoms with Gasteiger partial charge in [0.05, 0.1) is 18.2 Å². The van der Waals surface area contributed by atoms with Gasteiger partial charge in [0.15, 0.2) is 11.5 Å². The Balaban J connectivity index is 1.34. The Morgan fingerprint density at radius 3 is 2.65 bits per heavy atom. The maximum atomic E-state index is 6.36. The second-order valence-corrected chi connectivity index (χ2v) is 7.28. The van der Waals surface area contributed by atoms with E-state index < -0.39 is 0 Å². The molecule has 0 aromatic heterocycles. The summed E-state index contributed by atoms with van der Waals surface area (Å²) in [5.41, 5.74) is 1.17. The highest BCUT2D eigenvalue weighted by atomic mass is 35.5. The molecular formula is C18H25ClN2O2.